The zero-order valence-electron chi connectivity index (χ0n) is 9.45. The highest BCUT2D eigenvalue weighted by Crippen LogP contribution is 2.35. The first-order valence-electron chi connectivity index (χ1n) is 5.78. The molecular formula is C13H16ClNO. The summed E-state index contributed by atoms with van der Waals surface area (Å²) in [6.45, 7) is 1.91. The van der Waals surface area contributed by atoms with Crippen LogP contribution in [0.2, 0.25) is 5.02 Å². The van der Waals surface area contributed by atoms with Crippen LogP contribution in [-0.4, -0.2) is 11.3 Å². The van der Waals surface area contributed by atoms with Gasteiger partial charge in [-0.05, 0) is 50.2 Å². The molecule has 0 radical (unpaired) electrons. The van der Waals surface area contributed by atoms with Crippen molar-refractivity contribution in [3.8, 4) is 0 Å². The standard InChI is InChI=1S/C13H16ClNO/c1-9-13(14)6-12(7-15-9)11-4-2-10(8-16)3-5-11/h6-8,10-11H,2-5H2,1H3. The number of aromatic nitrogens is 1. The van der Waals surface area contributed by atoms with Crippen molar-refractivity contribution in [2.24, 2.45) is 5.92 Å². The van der Waals surface area contributed by atoms with Gasteiger partial charge in [0.2, 0.25) is 0 Å². The second-order valence-corrected chi connectivity index (χ2v) is 4.99. The Morgan fingerprint density at radius 1 is 1.38 bits per heavy atom. The van der Waals surface area contributed by atoms with Gasteiger partial charge in [0, 0.05) is 12.1 Å². The first-order chi connectivity index (χ1) is 7.70. The molecule has 3 heteroatoms. The molecule has 86 valence electrons. The lowest BCUT2D eigenvalue weighted by Crippen LogP contribution is -2.14. The van der Waals surface area contributed by atoms with Gasteiger partial charge in [-0.3, -0.25) is 4.98 Å². The van der Waals surface area contributed by atoms with Crippen molar-refractivity contribution in [1.29, 1.82) is 0 Å². The Kier molecular flexibility index (Phi) is 3.59. The first-order valence-corrected chi connectivity index (χ1v) is 6.16. The molecule has 1 aromatic rings. The fourth-order valence-corrected chi connectivity index (χ4v) is 2.51. The van der Waals surface area contributed by atoms with Crippen molar-refractivity contribution in [2.75, 3.05) is 0 Å². The van der Waals surface area contributed by atoms with Crippen LogP contribution in [0.25, 0.3) is 0 Å². The summed E-state index contributed by atoms with van der Waals surface area (Å²) in [5.74, 6) is 0.798. The summed E-state index contributed by atoms with van der Waals surface area (Å²) in [5.41, 5.74) is 2.10. The number of hydrogen-bond donors (Lipinski definition) is 0. The van der Waals surface area contributed by atoms with Crippen molar-refractivity contribution in [2.45, 2.75) is 38.5 Å². The predicted octanol–water partition coefficient (Wildman–Crippen LogP) is 3.52. The van der Waals surface area contributed by atoms with Crippen molar-refractivity contribution < 1.29 is 4.79 Å². The molecule has 0 bridgehead atoms. The van der Waals surface area contributed by atoms with Gasteiger partial charge in [0.1, 0.15) is 6.29 Å². The second kappa shape index (κ2) is 4.96. The van der Waals surface area contributed by atoms with Gasteiger partial charge in [0.25, 0.3) is 0 Å². The maximum atomic E-state index is 10.7. The molecule has 0 aromatic carbocycles. The third-order valence-corrected chi connectivity index (χ3v) is 3.86. The van der Waals surface area contributed by atoms with Crippen molar-refractivity contribution in [3.63, 3.8) is 0 Å². The minimum atomic E-state index is 0.269. The summed E-state index contributed by atoms with van der Waals surface area (Å²) in [6, 6.07) is 2.02. The van der Waals surface area contributed by atoms with Crippen LogP contribution in [0.3, 0.4) is 0 Å². The molecule has 0 spiro atoms. The average Bonchev–Trinajstić information content (AvgIpc) is 2.33. The summed E-state index contributed by atoms with van der Waals surface area (Å²) in [6.07, 6.45) is 7.16. The Labute approximate surface area is 101 Å². The number of carbonyl (C=O) groups is 1. The summed E-state index contributed by atoms with van der Waals surface area (Å²) >= 11 is 6.07. The quantitative estimate of drug-likeness (QED) is 0.737. The fraction of sp³-hybridized carbons (Fsp3) is 0.538. The van der Waals surface area contributed by atoms with E-state index in [1.807, 2.05) is 19.2 Å². The van der Waals surface area contributed by atoms with Gasteiger partial charge in [-0.1, -0.05) is 11.6 Å². The maximum absolute atomic E-state index is 10.7. The Hall–Kier alpha value is -0.890. The van der Waals surface area contributed by atoms with E-state index in [9.17, 15) is 4.79 Å². The number of rotatable bonds is 2. The van der Waals surface area contributed by atoms with Crippen LogP contribution in [0.1, 0.15) is 42.9 Å². The molecule has 0 unspecified atom stereocenters. The monoisotopic (exact) mass is 237 g/mol. The molecule has 2 nitrogen and oxygen atoms in total. The normalized spacial score (nSPS) is 25.4. The van der Waals surface area contributed by atoms with Crippen LogP contribution < -0.4 is 0 Å². The summed E-state index contributed by atoms with van der Waals surface area (Å²) in [4.78, 5) is 15.0. The molecule has 1 aliphatic rings. The topological polar surface area (TPSA) is 30.0 Å². The number of hydrogen-bond acceptors (Lipinski definition) is 2. The highest BCUT2D eigenvalue weighted by Gasteiger charge is 2.22. The van der Waals surface area contributed by atoms with Gasteiger partial charge in [0.15, 0.2) is 0 Å². The molecule has 1 heterocycles. The van der Waals surface area contributed by atoms with Crippen LogP contribution in [0.4, 0.5) is 0 Å². The molecule has 0 N–H and O–H groups in total. The van der Waals surface area contributed by atoms with E-state index < -0.39 is 0 Å². The minimum Gasteiger partial charge on any atom is -0.303 e. The van der Waals surface area contributed by atoms with Gasteiger partial charge in [-0.25, -0.2) is 0 Å². The number of aldehydes is 1. The Morgan fingerprint density at radius 3 is 2.62 bits per heavy atom. The molecule has 0 amide bonds. The Bertz CT molecular complexity index is 384. The van der Waals surface area contributed by atoms with Gasteiger partial charge < -0.3 is 4.79 Å². The smallest absolute Gasteiger partial charge is 0.123 e. The molecule has 0 saturated heterocycles. The Balaban J connectivity index is 2.08. The zero-order valence-corrected chi connectivity index (χ0v) is 10.2. The van der Waals surface area contributed by atoms with E-state index in [1.165, 1.54) is 5.56 Å². The van der Waals surface area contributed by atoms with Crippen molar-refractivity contribution in [3.05, 3.63) is 28.5 Å². The number of aryl methyl sites for hydroxylation is 1. The largest absolute Gasteiger partial charge is 0.303 e. The predicted molar refractivity (Wildman–Crippen MR) is 64.7 cm³/mol. The minimum absolute atomic E-state index is 0.269. The molecular weight excluding hydrogens is 222 g/mol. The summed E-state index contributed by atoms with van der Waals surface area (Å²) in [5, 5.41) is 0.745. The first kappa shape index (κ1) is 11.6. The van der Waals surface area contributed by atoms with E-state index in [1.54, 1.807) is 0 Å². The van der Waals surface area contributed by atoms with Gasteiger partial charge in [-0.2, -0.15) is 0 Å². The lowest BCUT2D eigenvalue weighted by Gasteiger charge is -2.25. The van der Waals surface area contributed by atoms with E-state index in [0.717, 1.165) is 42.7 Å². The van der Waals surface area contributed by atoms with Crippen LogP contribution >= 0.6 is 11.6 Å². The van der Waals surface area contributed by atoms with Gasteiger partial charge in [0.05, 0.1) is 10.7 Å². The molecule has 16 heavy (non-hydrogen) atoms. The summed E-state index contributed by atoms with van der Waals surface area (Å²) < 4.78 is 0. The van der Waals surface area contributed by atoms with E-state index in [2.05, 4.69) is 4.98 Å². The van der Waals surface area contributed by atoms with E-state index in [4.69, 9.17) is 11.6 Å². The molecule has 1 fully saturated rings. The summed E-state index contributed by atoms with van der Waals surface area (Å²) in [7, 11) is 0. The van der Waals surface area contributed by atoms with Gasteiger partial charge >= 0.3 is 0 Å². The number of halogens is 1. The van der Waals surface area contributed by atoms with Crippen LogP contribution in [0, 0.1) is 12.8 Å². The third kappa shape index (κ3) is 2.43. The van der Waals surface area contributed by atoms with Crippen molar-refractivity contribution >= 4 is 17.9 Å². The average molecular weight is 238 g/mol. The molecule has 2 rings (SSSR count). The second-order valence-electron chi connectivity index (χ2n) is 4.58. The lowest BCUT2D eigenvalue weighted by molar-refractivity contribution is -0.111. The zero-order chi connectivity index (χ0) is 11.5. The molecule has 1 aromatic heterocycles. The Morgan fingerprint density at radius 2 is 2.06 bits per heavy atom. The van der Waals surface area contributed by atoms with Crippen LogP contribution in [-0.2, 0) is 4.79 Å². The molecule has 0 aliphatic heterocycles. The molecule has 1 aliphatic carbocycles. The van der Waals surface area contributed by atoms with E-state index in [0.29, 0.717) is 5.92 Å². The van der Waals surface area contributed by atoms with Crippen LogP contribution in [0.5, 0.6) is 0 Å². The highest BCUT2D eigenvalue weighted by molar-refractivity contribution is 6.31. The lowest BCUT2D eigenvalue weighted by atomic mass is 9.80. The number of carbonyl (C=O) groups excluding carboxylic acids is 1. The fourth-order valence-electron chi connectivity index (χ4n) is 2.33. The van der Waals surface area contributed by atoms with Crippen LogP contribution in [0.15, 0.2) is 12.3 Å². The SMILES string of the molecule is Cc1ncc(C2CCC(C=O)CC2)cc1Cl. The maximum Gasteiger partial charge on any atom is 0.123 e. The number of pyridine rings is 1. The van der Waals surface area contributed by atoms with E-state index >= 15 is 0 Å². The highest BCUT2D eigenvalue weighted by atomic mass is 35.5. The van der Waals surface area contributed by atoms with Crippen molar-refractivity contribution in [1.82, 2.24) is 4.98 Å². The third-order valence-electron chi connectivity index (χ3n) is 3.48. The van der Waals surface area contributed by atoms with E-state index in [-0.39, 0.29) is 5.92 Å². The molecule has 0 atom stereocenters. The number of nitrogens with zero attached hydrogens (tertiary/aromatic N) is 1. The van der Waals surface area contributed by atoms with Gasteiger partial charge in [-0.15, -0.1) is 0 Å². The molecule has 1 saturated carbocycles.